The van der Waals surface area contributed by atoms with Crippen LogP contribution < -0.4 is 9.54 Å². The van der Waals surface area contributed by atoms with Crippen molar-refractivity contribution in [1.29, 1.82) is 0 Å². The molecule has 8 nitrogen and oxygen atoms in total. The number of nitro groups is 1. The van der Waals surface area contributed by atoms with E-state index >= 15 is 0 Å². The molecule has 0 bridgehead atoms. The Morgan fingerprint density at radius 1 is 1.28 bits per heavy atom. The van der Waals surface area contributed by atoms with Crippen LogP contribution in [0.25, 0.3) is 16.3 Å². The third kappa shape index (κ3) is 4.76. The van der Waals surface area contributed by atoms with Gasteiger partial charge in [0.2, 0.25) is 0 Å². The summed E-state index contributed by atoms with van der Waals surface area (Å²) in [5.74, 6) is 0.226. The molecular formula is C20H19N3O5S. The molecule has 0 aliphatic heterocycles. The van der Waals surface area contributed by atoms with Crippen LogP contribution in [-0.2, 0) is 16.1 Å². The minimum Gasteiger partial charge on any atom is -0.495 e. The fraction of sp³-hybridized carbons (Fsp3) is 0.200. The standard InChI is InChI=1S/C20H19N3O5S/c1-27-12-11-22-19-16(28-2)7-4-8-17(19)29-20(22)21-18(24)10-9-14-5-3-6-15(13-14)23(25)26/h3-10,13H,11-12H2,1-2H3/b10-9+,21-20?. The second-order valence-electron chi connectivity index (χ2n) is 5.97. The molecule has 0 radical (unpaired) electrons. The van der Waals surface area contributed by atoms with Crippen molar-refractivity contribution in [1.82, 2.24) is 4.57 Å². The summed E-state index contributed by atoms with van der Waals surface area (Å²) in [5.41, 5.74) is 1.37. The molecule has 0 aliphatic carbocycles. The molecule has 0 spiro atoms. The lowest BCUT2D eigenvalue weighted by Gasteiger charge is -2.07. The fourth-order valence-electron chi connectivity index (χ4n) is 2.78. The van der Waals surface area contributed by atoms with Crippen molar-refractivity contribution in [3.8, 4) is 5.75 Å². The maximum atomic E-state index is 12.4. The Hall–Kier alpha value is -3.30. The second kappa shape index (κ2) is 9.26. The number of aromatic nitrogens is 1. The summed E-state index contributed by atoms with van der Waals surface area (Å²) in [5, 5.41) is 10.9. The Bertz CT molecular complexity index is 1150. The first kappa shape index (κ1) is 20.4. The van der Waals surface area contributed by atoms with Gasteiger partial charge in [-0.25, -0.2) is 0 Å². The molecule has 0 aliphatic rings. The van der Waals surface area contributed by atoms with Crippen molar-refractivity contribution >= 4 is 39.2 Å². The molecule has 3 rings (SSSR count). The Balaban J connectivity index is 1.97. The summed E-state index contributed by atoms with van der Waals surface area (Å²) in [6, 6.07) is 11.7. The minimum absolute atomic E-state index is 0.0365. The number of nitrogens with zero attached hydrogens (tertiary/aromatic N) is 3. The SMILES string of the molecule is COCCn1c(=NC(=O)/C=C/c2cccc([N+](=O)[O-])c2)sc2cccc(OC)c21. The first-order valence-corrected chi connectivity index (χ1v) is 9.51. The first-order chi connectivity index (χ1) is 14.0. The summed E-state index contributed by atoms with van der Waals surface area (Å²) >= 11 is 1.38. The predicted molar refractivity (Wildman–Crippen MR) is 111 cm³/mol. The summed E-state index contributed by atoms with van der Waals surface area (Å²) in [7, 11) is 3.20. The number of carbonyl (C=O) groups is 1. The number of hydrogen-bond donors (Lipinski definition) is 0. The predicted octanol–water partition coefficient (Wildman–Crippen LogP) is 3.41. The van der Waals surface area contributed by atoms with Gasteiger partial charge < -0.3 is 14.0 Å². The number of ether oxygens (including phenoxy) is 2. The number of carbonyl (C=O) groups excluding carboxylic acids is 1. The summed E-state index contributed by atoms with van der Waals surface area (Å²) in [4.78, 5) is 27.5. The maximum absolute atomic E-state index is 12.4. The van der Waals surface area contributed by atoms with Crippen molar-refractivity contribution < 1.29 is 19.2 Å². The van der Waals surface area contributed by atoms with Crippen LogP contribution in [0.3, 0.4) is 0 Å². The molecule has 3 aromatic rings. The number of methoxy groups -OCH3 is 2. The van der Waals surface area contributed by atoms with Crippen LogP contribution in [0.2, 0.25) is 0 Å². The van der Waals surface area contributed by atoms with Gasteiger partial charge >= 0.3 is 0 Å². The molecule has 150 valence electrons. The van der Waals surface area contributed by atoms with E-state index < -0.39 is 10.8 Å². The molecular weight excluding hydrogens is 394 g/mol. The molecule has 1 aromatic heterocycles. The van der Waals surface area contributed by atoms with E-state index in [1.807, 2.05) is 22.8 Å². The summed E-state index contributed by atoms with van der Waals surface area (Å²) in [6.45, 7) is 0.965. The van der Waals surface area contributed by atoms with Crippen LogP contribution in [0.1, 0.15) is 5.56 Å². The Labute approximate surface area is 170 Å². The average Bonchev–Trinajstić information content (AvgIpc) is 3.07. The number of para-hydroxylation sites is 1. The van der Waals surface area contributed by atoms with Gasteiger partial charge in [-0.15, -0.1) is 0 Å². The number of non-ortho nitro benzene ring substituents is 1. The first-order valence-electron chi connectivity index (χ1n) is 8.70. The summed E-state index contributed by atoms with van der Waals surface area (Å²) in [6.07, 6.45) is 2.80. The number of rotatable bonds is 7. The Morgan fingerprint density at radius 3 is 2.79 bits per heavy atom. The number of hydrogen-bond acceptors (Lipinski definition) is 6. The molecule has 0 saturated heterocycles. The van der Waals surface area contributed by atoms with E-state index in [1.165, 1.54) is 35.6 Å². The van der Waals surface area contributed by atoms with E-state index in [9.17, 15) is 14.9 Å². The lowest BCUT2D eigenvalue weighted by Crippen LogP contribution is -2.19. The van der Waals surface area contributed by atoms with Gasteiger partial charge in [0.15, 0.2) is 4.80 Å². The molecule has 9 heteroatoms. The number of thiazole rings is 1. The lowest BCUT2D eigenvalue weighted by molar-refractivity contribution is -0.384. The molecule has 0 atom stereocenters. The largest absolute Gasteiger partial charge is 0.495 e. The van der Waals surface area contributed by atoms with Crippen LogP contribution in [0, 0.1) is 10.1 Å². The Morgan fingerprint density at radius 2 is 2.07 bits per heavy atom. The average molecular weight is 413 g/mol. The van der Waals surface area contributed by atoms with Crippen molar-refractivity contribution in [2.24, 2.45) is 4.99 Å². The van der Waals surface area contributed by atoms with E-state index in [2.05, 4.69) is 4.99 Å². The van der Waals surface area contributed by atoms with Gasteiger partial charge in [0.05, 0.1) is 23.3 Å². The molecule has 29 heavy (non-hydrogen) atoms. The van der Waals surface area contributed by atoms with Crippen molar-refractivity contribution in [2.75, 3.05) is 20.8 Å². The van der Waals surface area contributed by atoms with Gasteiger partial charge in [0, 0.05) is 31.9 Å². The van der Waals surface area contributed by atoms with Crippen molar-refractivity contribution in [3.63, 3.8) is 0 Å². The molecule has 1 heterocycles. The maximum Gasteiger partial charge on any atom is 0.272 e. The second-order valence-corrected chi connectivity index (χ2v) is 6.98. The monoisotopic (exact) mass is 413 g/mol. The highest BCUT2D eigenvalue weighted by atomic mass is 32.1. The fourth-order valence-corrected chi connectivity index (χ4v) is 3.86. The molecule has 0 unspecified atom stereocenters. The van der Waals surface area contributed by atoms with Crippen LogP contribution in [-0.4, -0.2) is 36.2 Å². The topological polar surface area (TPSA) is 96.0 Å². The zero-order chi connectivity index (χ0) is 20.8. The quantitative estimate of drug-likeness (QED) is 0.336. The molecule has 2 aromatic carbocycles. The smallest absolute Gasteiger partial charge is 0.272 e. The highest BCUT2D eigenvalue weighted by Crippen LogP contribution is 2.27. The zero-order valence-corrected chi connectivity index (χ0v) is 16.7. The van der Waals surface area contributed by atoms with Gasteiger partial charge in [-0.05, 0) is 23.8 Å². The number of nitro benzene ring substituents is 1. The van der Waals surface area contributed by atoms with E-state index in [1.54, 1.807) is 26.4 Å². The van der Waals surface area contributed by atoms with E-state index in [0.29, 0.717) is 29.3 Å². The van der Waals surface area contributed by atoms with Crippen LogP contribution in [0.4, 0.5) is 5.69 Å². The number of benzene rings is 2. The van der Waals surface area contributed by atoms with Gasteiger partial charge in [-0.3, -0.25) is 14.9 Å². The number of amides is 1. The van der Waals surface area contributed by atoms with Gasteiger partial charge in [-0.1, -0.05) is 29.5 Å². The van der Waals surface area contributed by atoms with Crippen molar-refractivity contribution in [3.05, 3.63) is 69.0 Å². The van der Waals surface area contributed by atoms with E-state index in [4.69, 9.17) is 9.47 Å². The molecule has 0 saturated carbocycles. The third-order valence-corrected chi connectivity index (χ3v) is 5.15. The van der Waals surface area contributed by atoms with Crippen LogP contribution in [0.15, 0.2) is 53.5 Å². The van der Waals surface area contributed by atoms with Crippen LogP contribution >= 0.6 is 11.3 Å². The summed E-state index contributed by atoms with van der Waals surface area (Å²) < 4.78 is 13.5. The molecule has 1 amide bonds. The molecule has 0 N–H and O–H groups in total. The zero-order valence-electron chi connectivity index (χ0n) is 15.9. The highest BCUT2D eigenvalue weighted by Gasteiger charge is 2.12. The van der Waals surface area contributed by atoms with E-state index in [-0.39, 0.29) is 5.69 Å². The lowest BCUT2D eigenvalue weighted by atomic mass is 10.2. The minimum atomic E-state index is -0.479. The highest BCUT2D eigenvalue weighted by molar-refractivity contribution is 7.16. The van der Waals surface area contributed by atoms with Crippen molar-refractivity contribution in [2.45, 2.75) is 6.54 Å². The van der Waals surface area contributed by atoms with Gasteiger partial charge in [-0.2, -0.15) is 4.99 Å². The molecule has 0 fully saturated rings. The normalized spacial score (nSPS) is 12.0. The Kier molecular flexibility index (Phi) is 6.53. The van der Waals surface area contributed by atoms with Gasteiger partial charge in [0.25, 0.3) is 11.6 Å². The van der Waals surface area contributed by atoms with Crippen LogP contribution in [0.5, 0.6) is 5.75 Å². The third-order valence-electron chi connectivity index (χ3n) is 4.11. The number of fused-ring (bicyclic) bond motifs is 1. The van der Waals surface area contributed by atoms with Gasteiger partial charge in [0.1, 0.15) is 11.3 Å². The van der Waals surface area contributed by atoms with E-state index in [0.717, 1.165) is 10.2 Å².